The molecule has 0 aliphatic rings. The Morgan fingerprint density at radius 3 is 2.35 bits per heavy atom. The van der Waals surface area contributed by atoms with Gasteiger partial charge in [0.05, 0.1) is 0 Å². The third kappa shape index (κ3) is 3.55. The van der Waals surface area contributed by atoms with E-state index in [-0.39, 0.29) is 17.7 Å². The minimum Gasteiger partial charge on any atom is -0.313 e. The van der Waals surface area contributed by atoms with Gasteiger partial charge in [0.25, 0.3) is 0 Å². The third-order valence-corrected chi connectivity index (χ3v) is 4.35. The number of likely N-dealkylation sites (N-methyl/N-ethyl adjacent to an activating group) is 1. The van der Waals surface area contributed by atoms with Crippen LogP contribution in [0.3, 0.4) is 0 Å². The first-order valence-corrected chi connectivity index (χ1v) is 7.46. The predicted octanol–water partition coefficient (Wildman–Crippen LogP) is 4.38. The fourth-order valence-corrected chi connectivity index (χ4v) is 3.11. The fraction of sp³-hybridized carbons (Fsp3) is 0.250. The Balaban J connectivity index is 2.28. The van der Waals surface area contributed by atoms with Gasteiger partial charge in [0.2, 0.25) is 0 Å². The molecule has 0 aliphatic heterocycles. The molecule has 0 fully saturated rings. The second kappa shape index (κ2) is 6.63. The summed E-state index contributed by atoms with van der Waals surface area (Å²) in [6, 6.07) is 9.70. The van der Waals surface area contributed by atoms with Crippen LogP contribution in [0.15, 0.2) is 36.4 Å². The lowest BCUT2D eigenvalue weighted by Gasteiger charge is -2.19. The van der Waals surface area contributed by atoms with E-state index in [9.17, 15) is 8.78 Å². The number of rotatable bonds is 4. The molecule has 20 heavy (non-hydrogen) atoms. The summed E-state index contributed by atoms with van der Waals surface area (Å²) in [5, 5.41) is 3.25. The Kier molecular flexibility index (Phi) is 5.10. The molecule has 0 aromatic heterocycles. The Bertz CT molecular complexity index is 613. The molecule has 2 aromatic rings. The Morgan fingerprint density at radius 2 is 1.75 bits per heavy atom. The highest BCUT2D eigenvalue weighted by molar-refractivity contribution is 14.1. The second-order valence-corrected chi connectivity index (χ2v) is 5.94. The van der Waals surface area contributed by atoms with Crippen LogP contribution in [0.4, 0.5) is 8.78 Å². The molecule has 0 amide bonds. The lowest BCUT2D eigenvalue weighted by Crippen LogP contribution is -2.20. The Hall–Kier alpha value is -1.01. The smallest absolute Gasteiger partial charge is 0.124 e. The standard InChI is InChI=1S/C16H16F2IN/c1-10-7-12(17)4-3-11(10)8-16(20-2)14-6-5-13(18)9-15(14)19/h3-7,9,16,20H,8H2,1-2H3. The molecule has 0 spiro atoms. The normalized spacial score (nSPS) is 12.4. The van der Waals surface area contributed by atoms with Crippen molar-refractivity contribution in [2.75, 3.05) is 7.05 Å². The van der Waals surface area contributed by atoms with Crippen LogP contribution in [0.25, 0.3) is 0 Å². The Labute approximate surface area is 131 Å². The van der Waals surface area contributed by atoms with Crippen molar-refractivity contribution < 1.29 is 8.78 Å². The zero-order valence-electron chi connectivity index (χ0n) is 11.4. The highest BCUT2D eigenvalue weighted by Crippen LogP contribution is 2.25. The van der Waals surface area contributed by atoms with E-state index in [0.29, 0.717) is 0 Å². The van der Waals surface area contributed by atoms with Crippen molar-refractivity contribution >= 4 is 22.6 Å². The molecule has 1 unspecified atom stereocenters. The van der Waals surface area contributed by atoms with E-state index in [1.54, 1.807) is 6.07 Å². The molecule has 1 nitrogen and oxygen atoms in total. The molecule has 4 heteroatoms. The number of halogens is 3. The lowest BCUT2D eigenvalue weighted by atomic mass is 9.96. The van der Waals surface area contributed by atoms with Gasteiger partial charge in [-0.15, -0.1) is 0 Å². The summed E-state index contributed by atoms with van der Waals surface area (Å²) in [7, 11) is 1.88. The monoisotopic (exact) mass is 387 g/mol. The molecular formula is C16H16F2IN. The Morgan fingerprint density at radius 1 is 1.10 bits per heavy atom. The van der Waals surface area contributed by atoms with Crippen molar-refractivity contribution in [3.63, 3.8) is 0 Å². The first-order chi connectivity index (χ1) is 9.51. The first kappa shape index (κ1) is 15.4. The van der Waals surface area contributed by atoms with Crippen LogP contribution < -0.4 is 5.32 Å². The predicted molar refractivity (Wildman–Crippen MR) is 85.8 cm³/mol. The zero-order valence-corrected chi connectivity index (χ0v) is 13.5. The molecule has 0 heterocycles. The number of hydrogen-bond donors (Lipinski definition) is 1. The molecule has 2 aromatic carbocycles. The first-order valence-electron chi connectivity index (χ1n) is 6.38. The van der Waals surface area contributed by atoms with E-state index >= 15 is 0 Å². The third-order valence-electron chi connectivity index (χ3n) is 3.42. The van der Waals surface area contributed by atoms with Gasteiger partial charge in [-0.1, -0.05) is 12.1 Å². The molecule has 0 aliphatic carbocycles. The average molecular weight is 387 g/mol. The maximum Gasteiger partial charge on any atom is 0.124 e. The molecule has 106 valence electrons. The molecule has 0 saturated heterocycles. The maximum absolute atomic E-state index is 13.2. The van der Waals surface area contributed by atoms with Crippen LogP contribution in [0.1, 0.15) is 22.7 Å². The van der Waals surface area contributed by atoms with Crippen molar-refractivity contribution in [1.82, 2.24) is 5.32 Å². The highest BCUT2D eigenvalue weighted by atomic mass is 127. The minimum absolute atomic E-state index is 0.0756. The van der Waals surface area contributed by atoms with Gasteiger partial charge < -0.3 is 5.32 Å². The van der Waals surface area contributed by atoms with Crippen LogP contribution >= 0.6 is 22.6 Å². The SMILES string of the molecule is CNC(Cc1ccc(F)cc1C)c1ccc(F)cc1I. The molecule has 1 N–H and O–H groups in total. The molecule has 0 saturated carbocycles. The lowest BCUT2D eigenvalue weighted by molar-refractivity contribution is 0.578. The van der Waals surface area contributed by atoms with Crippen LogP contribution in [-0.2, 0) is 6.42 Å². The van der Waals surface area contributed by atoms with Crippen LogP contribution in [0.5, 0.6) is 0 Å². The summed E-state index contributed by atoms with van der Waals surface area (Å²) < 4.78 is 27.2. The summed E-state index contributed by atoms with van der Waals surface area (Å²) in [6.45, 7) is 1.90. The van der Waals surface area contributed by atoms with Gasteiger partial charge >= 0.3 is 0 Å². The second-order valence-electron chi connectivity index (χ2n) is 4.78. The van der Waals surface area contributed by atoms with Crippen molar-refractivity contribution in [3.05, 3.63) is 68.3 Å². The summed E-state index contributed by atoms with van der Waals surface area (Å²) >= 11 is 2.14. The fourth-order valence-electron chi connectivity index (χ4n) is 2.26. The van der Waals surface area contributed by atoms with Crippen LogP contribution in [0, 0.1) is 22.1 Å². The summed E-state index contributed by atoms with van der Waals surface area (Å²) in [5.74, 6) is -0.449. The van der Waals surface area contributed by atoms with E-state index in [1.807, 2.05) is 20.0 Å². The number of hydrogen-bond acceptors (Lipinski definition) is 1. The summed E-state index contributed by atoms with van der Waals surface area (Å²) in [5.41, 5.74) is 3.08. The maximum atomic E-state index is 13.2. The summed E-state index contributed by atoms with van der Waals surface area (Å²) in [4.78, 5) is 0. The molecule has 0 radical (unpaired) electrons. The topological polar surface area (TPSA) is 12.0 Å². The molecule has 1 atom stereocenters. The van der Waals surface area contributed by atoms with Gasteiger partial charge in [0, 0.05) is 9.61 Å². The van der Waals surface area contributed by atoms with Crippen LogP contribution in [-0.4, -0.2) is 7.05 Å². The molecule has 0 bridgehead atoms. The zero-order chi connectivity index (χ0) is 14.7. The van der Waals surface area contributed by atoms with Gasteiger partial charge in [-0.3, -0.25) is 0 Å². The highest BCUT2D eigenvalue weighted by Gasteiger charge is 2.15. The van der Waals surface area contributed by atoms with Crippen molar-refractivity contribution in [2.24, 2.45) is 0 Å². The van der Waals surface area contributed by atoms with Crippen molar-refractivity contribution in [2.45, 2.75) is 19.4 Å². The average Bonchev–Trinajstić information content (AvgIpc) is 2.39. The quantitative estimate of drug-likeness (QED) is 0.768. The van der Waals surface area contributed by atoms with E-state index in [1.165, 1.54) is 24.3 Å². The van der Waals surface area contributed by atoms with Crippen molar-refractivity contribution in [1.29, 1.82) is 0 Å². The molecular weight excluding hydrogens is 371 g/mol. The van der Waals surface area contributed by atoms with Gasteiger partial charge in [-0.25, -0.2) is 8.78 Å². The number of aryl methyl sites for hydroxylation is 1. The largest absolute Gasteiger partial charge is 0.313 e. The van der Waals surface area contributed by atoms with Gasteiger partial charge in [-0.2, -0.15) is 0 Å². The summed E-state index contributed by atoms with van der Waals surface area (Å²) in [6.07, 6.45) is 0.740. The van der Waals surface area contributed by atoms with E-state index in [2.05, 4.69) is 27.9 Å². The van der Waals surface area contributed by atoms with Gasteiger partial charge in [0.1, 0.15) is 11.6 Å². The van der Waals surface area contributed by atoms with Gasteiger partial charge in [0.15, 0.2) is 0 Å². The van der Waals surface area contributed by atoms with E-state index in [0.717, 1.165) is 26.7 Å². The molecule has 2 rings (SSSR count). The van der Waals surface area contributed by atoms with Gasteiger partial charge in [-0.05, 0) is 83.9 Å². The van der Waals surface area contributed by atoms with E-state index in [4.69, 9.17) is 0 Å². The number of nitrogens with one attached hydrogen (secondary N) is 1. The van der Waals surface area contributed by atoms with Crippen LogP contribution in [0.2, 0.25) is 0 Å². The van der Waals surface area contributed by atoms with E-state index < -0.39 is 0 Å². The minimum atomic E-state index is -0.231. The number of benzene rings is 2. The van der Waals surface area contributed by atoms with Crippen molar-refractivity contribution in [3.8, 4) is 0 Å².